The van der Waals surface area contributed by atoms with Gasteiger partial charge in [0, 0.05) is 32.0 Å². The minimum absolute atomic E-state index is 0.110. The monoisotopic (exact) mass is 360 g/mol. The number of anilines is 1. The maximum absolute atomic E-state index is 12.4. The Labute approximate surface area is 154 Å². The highest BCUT2D eigenvalue weighted by Crippen LogP contribution is 2.32. The van der Waals surface area contributed by atoms with Crippen molar-refractivity contribution in [3.8, 4) is 0 Å². The summed E-state index contributed by atoms with van der Waals surface area (Å²) in [6.07, 6.45) is 12.0. The van der Waals surface area contributed by atoms with E-state index in [0.29, 0.717) is 18.9 Å². The second-order valence-electron chi connectivity index (χ2n) is 7.52. The van der Waals surface area contributed by atoms with Crippen LogP contribution in [0.25, 0.3) is 0 Å². The molecule has 7 nitrogen and oxygen atoms in total. The van der Waals surface area contributed by atoms with Crippen LogP contribution in [0.2, 0.25) is 0 Å². The predicted octanol–water partition coefficient (Wildman–Crippen LogP) is 2.27. The summed E-state index contributed by atoms with van der Waals surface area (Å²) in [5.41, 5.74) is 0.397. The summed E-state index contributed by atoms with van der Waals surface area (Å²) in [7, 11) is 0. The molecule has 1 saturated carbocycles. The molecule has 0 atom stereocenters. The zero-order chi connectivity index (χ0) is 17.8. The van der Waals surface area contributed by atoms with E-state index < -0.39 is 0 Å². The Morgan fingerprint density at radius 2 is 1.73 bits per heavy atom. The number of aromatic nitrogens is 2. The molecule has 1 aliphatic carbocycles. The Balaban J connectivity index is 1.32. The average molecular weight is 360 g/mol. The van der Waals surface area contributed by atoms with E-state index in [4.69, 9.17) is 9.47 Å². The molecule has 26 heavy (non-hydrogen) atoms. The largest absolute Gasteiger partial charge is 0.355 e. The summed E-state index contributed by atoms with van der Waals surface area (Å²) in [6.45, 7) is 3.01. The van der Waals surface area contributed by atoms with Crippen LogP contribution < -0.4 is 10.2 Å². The Morgan fingerprint density at radius 3 is 2.35 bits per heavy atom. The van der Waals surface area contributed by atoms with E-state index >= 15 is 0 Å². The number of ether oxygens (including phenoxy) is 2. The summed E-state index contributed by atoms with van der Waals surface area (Å²) in [5, 5.41) is 3.12. The van der Waals surface area contributed by atoms with E-state index in [1.54, 1.807) is 12.4 Å². The molecule has 2 saturated heterocycles. The minimum atomic E-state index is -0.386. The van der Waals surface area contributed by atoms with Gasteiger partial charge in [-0.2, -0.15) is 0 Å². The van der Waals surface area contributed by atoms with Crippen LogP contribution in [-0.4, -0.2) is 54.0 Å². The molecule has 3 aliphatic rings. The van der Waals surface area contributed by atoms with Gasteiger partial charge in [-0.05, 0) is 12.8 Å². The summed E-state index contributed by atoms with van der Waals surface area (Å²) < 4.78 is 11.5. The molecule has 4 rings (SSSR count). The maximum Gasteiger partial charge on any atom is 0.271 e. The SMILES string of the molecule is O=C(NC1CCCCCC1)c1cnc(N2CCC3(CC2)OCCO3)cn1. The first-order chi connectivity index (χ1) is 12.7. The van der Waals surface area contributed by atoms with E-state index in [9.17, 15) is 4.79 Å². The van der Waals surface area contributed by atoms with Gasteiger partial charge in [0.05, 0.1) is 25.6 Å². The molecule has 2 aliphatic heterocycles. The molecule has 0 aromatic carbocycles. The first-order valence-electron chi connectivity index (χ1n) is 9.90. The Morgan fingerprint density at radius 1 is 1.04 bits per heavy atom. The lowest BCUT2D eigenvalue weighted by Crippen LogP contribution is -2.45. The minimum Gasteiger partial charge on any atom is -0.355 e. The molecule has 3 heterocycles. The molecule has 1 amide bonds. The van der Waals surface area contributed by atoms with Gasteiger partial charge in [-0.1, -0.05) is 25.7 Å². The van der Waals surface area contributed by atoms with Crippen LogP contribution in [0.4, 0.5) is 5.82 Å². The highest BCUT2D eigenvalue weighted by Gasteiger charge is 2.40. The predicted molar refractivity (Wildman–Crippen MR) is 97.1 cm³/mol. The lowest BCUT2D eigenvalue weighted by molar-refractivity contribution is -0.169. The molecule has 3 fully saturated rings. The normalized spacial score (nSPS) is 23.8. The van der Waals surface area contributed by atoms with Crippen LogP contribution in [-0.2, 0) is 9.47 Å². The maximum atomic E-state index is 12.4. The van der Waals surface area contributed by atoms with Gasteiger partial charge < -0.3 is 19.7 Å². The summed E-state index contributed by atoms with van der Waals surface area (Å²) >= 11 is 0. The van der Waals surface area contributed by atoms with Crippen LogP contribution in [0.1, 0.15) is 61.9 Å². The molecule has 0 bridgehead atoms. The molecule has 0 unspecified atom stereocenters. The number of nitrogens with zero attached hydrogens (tertiary/aromatic N) is 3. The van der Waals surface area contributed by atoms with Crippen molar-refractivity contribution in [1.82, 2.24) is 15.3 Å². The molecule has 7 heteroatoms. The van der Waals surface area contributed by atoms with E-state index in [2.05, 4.69) is 20.2 Å². The van der Waals surface area contributed by atoms with Crippen LogP contribution in [0.5, 0.6) is 0 Å². The van der Waals surface area contributed by atoms with Crippen LogP contribution in [0.3, 0.4) is 0 Å². The number of carbonyl (C=O) groups is 1. The molecular formula is C19H28N4O3. The standard InChI is InChI=1S/C19H28N4O3/c24-18(22-15-5-3-1-2-4-6-15)16-13-21-17(14-20-16)23-9-7-19(8-10-23)25-11-12-26-19/h13-15H,1-12H2,(H,22,24). The number of nitrogens with one attached hydrogen (secondary N) is 1. The zero-order valence-electron chi connectivity index (χ0n) is 15.3. The molecule has 142 valence electrons. The second-order valence-corrected chi connectivity index (χ2v) is 7.52. The van der Waals surface area contributed by atoms with E-state index in [-0.39, 0.29) is 17.7 Å². The van der Waals surface area contributed by atoms with Gasteiger partial charge >= 0.3 is 0 Å². The summed E-state index contributed by atoms with van der Waals surface area (Å²) in [5.74, 6) is 0.313. The number of hydrogen-bond donors (Lipinski definition) is 1. The van der Waals surface area contributed by atoms with Crippen molar-refractivity contribution < 1.29 is 14.3 Å². The van der Waals surface area contributed by atoms with Gasteiger partial charge in [0.1, 0.15) is 11.5 Å². The first kappa shape index (κ1) is 17.7. The van der Waals surface area contributed by atoms with Gasteiger partial charge in [-0.25, -0.2) is 9.97 Å². The third kappa shape index (κ3) is 3.99. The van der Waals surface area contributed by atoms with Gasteiger partial charge in [-0.15, -0.1) is 0 Å². The summed E-state index contributed by atoms with van der Waals surface area (Å²) in [6, 6.07) is 0.274. The Hall–Kier alpha value is -1.73. The number of hydrogen-bond acceptors (Lipinski definition) is 6. The number of carbonyl (C=O) groups excluding carboxylic acids is 1. The van der Waals surface area contributed by atoms with Crippen LogP contribution in [0.15, 0.2) is 12.4 Å². The third-order valence-corrected chi connectivity index (χ3v) is 5.72. The molecule has 1 aromatic heterocycles. The van der Waals surface area contributed by atoms with Crippen molar-refractivity contribution >= 4 is 11.7 Å². The Kier molecular flexibility index (Phi) is 5.36. The van der Waals surface area contributed by atoms with Gasteiger partial charge in [-0.3, -0.25) is 4.79 Å². The van der Waals surface area contributed by atoms with Crippen molar-refractivity contribution in [2.45, 2.75) is 63.2 Å². The molecule has 1 spiro atoms. The fourth-order valence-corrected chi connectivity index (χ4v) is 4.15. The molecule has 0 radical (unpaired) electrons. The smallest absolute Gasteiger partial charge is 0.271 e. The fourth-order valence-electron chi connectivity index (χ4n) is 4.15. The zero-order valence-corrected chi connectivity index (χ0v) is 15.3. The third-order valence-electron chi connectivity index (χ3n) is 5.72. The van der Waals surface area contributed by atoms with Crippen molar-refractivity contribution in [3.63, 3.8) is 0 Å². The molecule has 1 N–H and O–H groups in total. The topological polar surface area (TPSA) is 76.6 Å². The van der Waals surface area contributed by atoms with E-state index in [0.717, 1.165) is 44.6 Å². The number of amides is 1. The van der Waals surface area contributed by atoms with Crippen LogP contribution >= 0.6 is 0 Å². The van der Waals surface area contributed by atoms with Gasteiger partial charge in [0.25, 0.3) is 5.91 Å². The van der Waals surface area contributed by atoms with Crippen molar-refractivity contribution in [3.05, 3.63) is 18.1 Å². The highest BCUT2D eigenvalue weighted by atomic mass is 16.7. The second kappa shape index (κ2) is 7.88. The fraction of sp³-hybridized carbons (Fsp3) is 0.737. The van der Waals surface area contributed by atoms with Crippen molar-refractivity contribution in [2.75, 3.05) is 31.2 Å². The average Bonchev–Trinajstić information content (AvgIpc) is 2.97. The quantitative estimate of drug-likeness (QED) is 0.834. The first-order valence-corrected chi connectivity index (χ1v) is 9.90. The lowest BCUT2D eigenvalue weighted by Gasteiger charge is -2.37. The number of piperidine rings is 1. The molecule has 1 aromatic rings. The number of rotatable bonds is 3. The van der Waals surface area contributed by atoms with Crippen LogP contribution in [0, 0.1) is 0 Å². The van der Waals surface area contributed by atoms with E-state index in [1.165, 1.54) is 25.7 Å². The van der Waals surface area contributed by atoms with Gasteiger partial charge in [0.15, 0.2) is 5.79 Å². The van der Waals surface area contributed by atoms with Crippen molar-refractivity contribution in [2.24, 2.45) is 0 Å². The van der Waals surface area contributed by atoms with Crippen molar-refractivity contribution in [1.29, 1.82) is 0 Å². The lowest BCUT2D eigenvalue weighted by atomic mass is 10.0. The highest BCUT2D eigenvalue weighted by molar-refractivity contribution is 5.92. The van der Waals surface area contributed by atoms with Gasteiger partial charge in [0.2, 0.25) is 0 Å². The Bertz CT molecular complexity index is 598. The summed E-state index contributed by atoms with van der Waals surface area (Å²) in [4.78, 5) is 23.4. The molecular weight excluding hydrogens is 332 g/mol. The van der Waals surface area contributed by atoms with E-state index in [1.807, 2.05) is 0 Å².